The van der Waals surface area contributed by atoms with Crippen LogP contribution in [0.4, 0.5) is 0 Å². The number of carbonyl (C=O) groups is 1. The second-order valence-electron chi connectivity index (χ2n) is 2.06. The Bertz CT molecular complexity index is 336. The van der Waals surface area contributed by atoms with Crippen LogP contribution < -0.4 is 0 Å². The lowest BCUT2D eigenvalue weighted by Crippen LogP contribution is -1.95. The van der Waals surface area contributed by atoms with Gasteiger partial charge in [-0.05, 0) is 12.1 Å². The molecule has 0 unspecified atom stereocenters. The maximum atomic E-state index is 11.1. The molecule has 0 N–H and O–H groups in total. The van der Waals surface area contributed by atoms with Gasteiger partial charge in [0.25, 0.3) is 0 Å². The minimum absolute atomic E-state index is 0.260. The molecule has 62 valence electrons. The highest BCUT2D eigenvalue weighted by Crippen LogP contribution is 2.18. The molecule has 1 aromatic heterocycles. The minimum atomic E-state index is -0.260. The molecule has 0 aliphatic carbocycles. The molecule has 2 nitrogen and oxygen atoms in total. The number of rotatable bonds is 2. The van der Waals surface area contributed by atoms with Gasteiger partial charge in [-0.2, -0.15) is 0 Å². The van der Waals surface area contributed by atoms with Crippen molar-refractivity contribution >= 4 is 29.0 Å². The molecular formula is C8H5Cl2NO. The SMILES string of the molecule is C=CC(=O)c1cnc(Cl)cc1Cl. The topological polar surface area (TPSA) is 30.0 Å². The molecule has 0 aliphatic rings. The molecule has 0 amide bonds. The third kappa shape index (κ3) is 1.84. The highest BCUT2D eigenvalue weighted by atomic mass is 35.5. The van der Waals surface area contributed by atoms with Gasteiger partial charge in [0, 0.05) is 6.20 Å². The second kappa shape index (κ2) is 3.70. The predicted molar refractivity (Wildman–Crippen MR) is 48.8 cm³/mol. The van der Waals surface area contributed by atoms with Crippen molar-refractivity contribution in [3.63, 3.8) is 0 Å². The van der Waals surface area contributed by atoms with Crippen molar-refractivity contribution in [2.24, 2.45) is 0 Å². The van der Waals surface area contributed by atoms with Crippen LogP contribution in [0.25, 0.3) is 0 Å². The standard InChI is InChI=1S/C8H5Cl2NO/c1-2-7(12)5-4-11-8(10)3-6(5)9/h2-4H,1H2. The quantitative estimate of drug-likeness (QED) is 0.419. The first kappa shape index (κ1) is 9.23. The zero-order valence-corrected chi connectivity index (χ0v) is 7.56. The number of hydrogen-bond acceptors (Lipinski definition) is 2. The smallest absolute Gasteiger partial charge is 0.188 e. The third-order valence-electron chi connectivity index (χ3n) is 1.27. The lowest BCUT2D eigenvalue weighted by atomic mass is 10.2. The number of aromatic nitrogens is 1. The maximum absolute atomic E-state index is 11.1. The van der Waals surface area contributed by atoms with E-state index in [2.05, 4.69) is 11.6 Å². The highest BCUT2D eigenvalue weighted by molar-refractivity contribution is 6.36. The van der Waals surface area contributed by atoms with E-state index in [0.717, 1.165) is 0 Å². The maximum Gasteiger partial charge on any atom is 0.188 e. The molecule has 4 heteroatoms. The Kier molecular flexibility index (Phi) is 2.84. The Balaban J connectivity index is 3.18. The highest BCUT2D eigenvalue weighted by Gasteiger charge is 2.07. The molecule has 0 bridgehead atoms. The molecule has 1 heterocycles. The molecule has 0 spiro atoms. The van der Waals surface area contributed by atoms with Gasteiger partial charge in [0.05, 0.1) is 10.6 Å². The van der Waals surface area contributed by atoms with Gasteiger partial charge in [-0.25, -0.2) is 4.98 Å². The van der Waals surface area contributed by atoms with E-state index in [0.29, 0.717) is 10.6 Å². The zero-order chi connectivity index (χ0) is 9.14. The molecule has 1 aromatic rings. The lowest BCUT2D eigenvalue weighted by Gasteiger charge is -1.98. The number of carbonyl (C=O) groups excluding carboxylic acids is 1. The Morgan fingerprint density at radius 3 is 2.75 bits per heavy atom. The number of nitrogens with zero attached hydrogens (tertiary/aromatic N) is 1. The van der Waals surface area contributed by atoms with E-state index in [1.54, 1.807) is 0 Å². The first-order valence-electron chi connectivity index (χ1n) is 3.13. The molecule has 0 atom stereocenters. The average Bonchev–Trinajstić information content (AvgIpc) is 2.03. The van der Waals surface area contributed by atoms with Crippen LogP contribution in [0.1, 0.15) is 10.4 Å². The second-order valence-corrected chi connectivity index (χ2v) is 2.85. The fourth-order valence-electron chi connectivity index (χ4n) is 0.699. The minimum Gasteiger partial charge on any atom is -0.289 e. The van der Waals surface area contributed by atoms with Crippen LogP contribution in [0.15, 0.2) is 24.9 Å². The van der Waals surface area contributed by atoms with Gasteiger partial charge >= 0.3 is 0 Å². The summed E-state index contributed by atoms with van der Waals surface area (Å²) in [6.45, 7) is 3.33. The van der Waals surface area contributed by atoms with Crippen LogP contribution in [0.3, 0.4) is 0 Å². The van der Waals surface area contributed by atoms with Crippen LogP contribution in [0.2, 0.25) is 10.2 Å². The molecule has 0 aliphatic heterocycles. The van der Waals surface area contributed by atoms with Crippen molar-refractivity contribution in [3.8, 4) is 0 Å². The molecule has 0 aromatic carbocycles. The summed E-state index contributed by atoms with van der Waals surface area (Å²) < 4.78 is 0. The van der Waals surface area contributed by atoms with E-state index >= 15 is 0 Å². The first-order valence-corrected chi connectivity index (χ1v) is 3.88. The van der Waals surface area contributed by atoms with Crippen molar-refractivity contribution in [2.45, 2.75) is 0 Å². The van der Waals surface area contributed by atoms with E-state index in [4.69, 9.17) is 23.2 Å². The van der Waals surface area contributed by atoms with E-state index in [1.807, 2.05) is 0 Å². The molecule has 0 radical (unpaired) electrons. The summed E-state index contributed by atoms with van der Waals surface area (Å²) in [5, 5.41) is 0.556. The van der Waals surface area contributed by atoms with E-state index in [-0.39, 0.29) is 10.9 Å². The fourth-order valence-corrected chi connectivity index (χ4v) is 1.16. The van der Waals surface area contributed by atoms with Gasteiger partial charge in [0.2, 0.25) is 0 Å². The number of ketones is 1. The average molecular weight is 202 g/mol. The normalized spacial score (nSPS) is 9.50. The fraction of sp³-hybridized carbons (Fsp3) is 0. The third-order valence-corrected chi connectivity index (χ3v) is 1.79. The van der Waals surface area contributed by atoms with Crippen LogP contribution in [0, 0.1) is 0 Å². The van der Waals surface area contributed by atoms with E-state index in [1.165, 1.54) is 18.3 Å². The van der Waals surface area contributed by atoms with Crippen molar-refractivity contribution in [2.75, 3.05) is 0 Å². The molecular weight excluding hydrogens is 197 g/mol. The Morgan fingerprint density at radius 2 is 2.25 bits per heavy atom. The molecule has 1 rings (SSSR count). The van der Waals surface area contributed by atoms with Crippen molar-refractivity contribution in [1.29, 1.82) is 0 Å². The van der Waals surface area contributed by atoms with Crippen LogP contribution in [0.5, 0.6) is 0 Å². The molecule has 0 saturated heterocycles. The zero-order valence-electron chi connectivity index (χ0n) is 6.05. The first-order chi connectivity index (χ1) is 5.65. The summed E-state index contributed by atoms with van der Waals surface area (Å²) in [5.74, 6) is -0.260. The van der Waals surface area contributed by atoms with Crippen molar-refractivity contribution in [1.82, 2.24) is 4.98 Å². The number of hydrogen-bond donors (Lipinski definition) is 0. The van der Waals surface area contributed by atoms with Gasteiger partial charge in [-0.15, -0.1) is 0 Å². The van der Waals surface area contributed by atoms with Crippen molar-refractivity contribution in [3.05, 3.63) is 40.7 Å². The summed E-state index contributed by atoms with van der Waals surface area (Å²) >= 11 is 11.2. The Morgan fingerprint density at radius 1 is 1.58 bits per heavy atom. The predicted octanol–water partition coefficient (Wildman–Crippen LogP) is 2.76. The Hall–Kier alpha value is -0.860. The van der Waals surface area contributed by atoms with Gasteiger partial charge in [-0.1, -0.05) is 29.8 Å². The van der Waals surface area contributed by atoms with Crippen LogP contribution in [-0.2, 0) is 0 Å². The lowest BCUT2D eigenvalue weighted by molar-refractivity contribution is 0.104. The monoisotopic (exact) mass is 201 g/mol. The molecule has 0 saturated carbocycles. The summed E-state index contributed by atoms with van der Waals surface area (Å²) in [4.78, 5) is 14.8. The molecule has 12 heavy (non-hydrogen) atoms. The van der Waals surface area contributed by atoms with Gasteiger partial charge < -0.3 is 0 Å². The van der Waals surface area contributed by atoms with Gasteiger partial charge in [0.15, 0.2) is 5.78 Å². The van der Waals surface area contributed by atoms with Crippen molar-refractivity contribution < 1.29 is 4.79 Å². The van der Waals surface area contributed by atoms with Crippen LogP contribution >= 0.6 is 23.2 Å². The number of allylic oxidation sites excluding steroid dienone is 1. The summed E-state index contributed by atoms with van der Waals surface area (Å²) in [5.41, 5.74) is 0.316. The summed E-state index contributed by atoms with van der Waals surface area (Å²) in [6.07, 6.45) is 2.51. The summed E-state index contributed by atoms with van der Waals surface area (Å²) in [7, 11) is 0. The van der Waals surface area contributed by atoms with Gasteiger partial charge in [-0.3, -0.25) is 4.79 Å². The van der Waals surface area contributed by atoms with E-state index < -0.39 is 0 Å². The Labute approximate surface area is 79.8 Å². The van der Waals surface area contributed by atoms with Crippen LogP contribution in [-0.4, -0.2) is 10.8 Å². The number of pyridine rings is 1. The largest absolute Gasteiger partial charge is 0.289 e. The molecule has 0 fully saturated rings. The number of halogens is 2. The summed E-state index contributed by atoms with van der Waals surface area (Å²) in [6, 6.07) is 1.42. The van der Waals surface area contributed by atoms with E-state index in [9.17, 15) is 4.79 Å². The van der Waals surface area contributed by atoms with Gasteiger partial charge in [0.1, 0.15) is 5.15 Å².